The van der Waals surface area contributed by atoms with E-state index in [1.165, 1.54) is 75.5 Å². The van der Waals surface area contributed by atoms with Gasteiger partial charge in [0.2, 0.25) is 0 Å². The lowest BCUT2D eigenvalue weighted by molar-refractivity contribution is -0.139. The van der Waals surface area contributed by atoms with Gasteiger partial charge in [0.25, 0.3) is 0 Å². The Morgan fingerprint density at radius 2 is 1.47 bits per heavy atom. The SMILES string of the molecule is C=C(C)C(=O)OCCCCc1c(F)cc(-c2ccc([C@H]3CC[C@H](C4CCCCC4)CC3)cc2)cc1F. The van der Waals surface area contributed by atoms with Crippen LogP contribution in [0.4, 0.5) is 8.78 Å². The number of ether oxygens (including phenoxy) is 1. The van der Waals surface area contributed by atoms with Crippen LogP contribution in [-0.2, 0) is 16.0 Å². The zero-order valence-corrected chi connectivity index (χ0v) is 21.7. The second kappa shape index (κ2) is 12.7. The fraction of sp³-hybridized carbons (Fsp3) is 0.531. The fourth-order valence-corrected chi connectivity index (χ4v) is 6.18. The largest absolute Gasteiger partial charge is 0.462 e. The normalized spacial score (nSPS) is 20.8. The van der Waals surface area contributed by atoms with Gasteiger partial charge in [-0.2, -0.15) is 0 Å². The average Bonchev–Trinajstić information content (AvgIpc) is 2.90. The number of benzene rings is 2. The second-order valence-corrected chi connectivity index (χ2v) is 10.9. The molecule has 0 radical (unpaired) electrons. The molecule has 0 aromatic heterocycles. The van der Waals surface area contributed by atoms with Gasteiger partial charge in [-0.05, 0) is 98.4 Å². The van der Waals surface area contributed by atoms with Crippen LogP contribution in [-0.4, -0.2) is 12.6 Å². The van der Waals surface area contributed by atoms with Crippen molar-refractivity contribution in [3.8, 4) is 11.1 Å². The molecule has 0 unspecified atom stereocenters. The van der Waals surface area contributed by atoms with Crippen molar-refractivity contribution in [2.75, 3.05) is 6.61 Å². The molecule has 2 saturated carbocycles. The Labute approximate surface area is 215 Å². The first kappa shape index (κ1) is 26.6. The maximum atomic E-state index is 14.8. The summed E-state index contributed by atoms with van der Waals surface area (Å²) >= 11 is 0. The fourth-order valence-electron chi connectivity index (χ4n) is 6.18. The minimum absolute atomic E-state index is 0.0938. The quantitative estimate of drug-likeness (QED) is 0.198. The lowest BCUT2D eigenvalue weighted by atomic mass is 9.70. The lowest BCUT2D eigenvalue weighted by Crippen LogP contribution is -2.23. The average molecular weight is 495 g/mol. The highest BCUT2D eigenvalue weighted by Gasteiger charge is 2.29. The molecule has 2 nitrogen and oxygen atoms in total. The van der Waals surface area contributed by atoms with Gasteiger partial charge in [0.15, 0.2) is 0 Å². The van der Waals surface area contributed by atoms with Crippen LogP contribution in [0.15, 0.2) is 48.6 Å². The van der Waals surface area contributed by atoms with Crippen molar-refractivity contribution in [2.24, 2.45) is 11.8 Å². The molecule has 0 N–H and O–H groups in total. The maximum Gasteiger partial charge on any atom is 0.333 e. The van der Waals surface area contributed by atoms with Gasteiger partial charge in [-0.25, -0.2) is 13.6 Å². The summed E-state index contributed by atoms with van der Waals surface area (Å²) in [4.78, 5) is 11.4. The standard InChI is InChI=1S/C32H40F2O2/c1-22(2)32(35)36-19-7-6-10-29-30(33)20-28(21-31(29)34)27-17-15-26(16-18-27)25-13-11-24(12-14-25)23-8-4-3-5-9-23/h15-18,20-21,23-25H,1,3-14,19H2,2H3/t24-,25-. The second-order valence-electron chi connectivity index (χ2n) is 10.9. The number of carbonyl (C=O) groups is 1. The van der Waals surface area contributed by atoms with E-state index in [2.05, 4.69) is 18.7 Å². The van der Waals surface area contributed by atoms with E-state index in [4.69, 9.17) is 4.74 Å². The van der Waals surface area contributed by atoms with Gasteiger partial charge in [0.05, 0.1) is 6.61 Å². The summed E-state index contributed by atoms with van der Waals surface area (Å²) in [5.74, 6) is 0.993. The maximum absolute atomic E-state index is 14.8. The zero-order chi connectivity index (χ0) is 25.5. The Kier molecular flexibility index (Phi) is 9.34. The summed E-state index contributed by atoms with van der Waals surface area (Å²) in [6.07, 6.45) is 13.7. The van der Waals surface area contributed by atoms with Gasteiger partial charge >= 0.3 is 5.97 Å². The van der Waals surface area contributed by atoms with Crippen LogP contribution in [0.2, 0.25) is 0 Å². The van der Waals surface area contributed by atoms with Gasteiger partial charge in [0, 0.05) is 11.1 Å². The van der Waals surface area contributed by atoms with E-state index in [1.54, 1.807) is 6.92 Å². The minimum atomic E-state index is -0.519. The molecule has 2 aliphatic carbocycles. The molecule has 0 amide bonds. The summed E-state index contributed by atoms with van der Waals surface area (Å²) in [5, 5.41) is 0. The van der Waals surface area contributed by atoms with E-state index in [1.807, 2.05) is 12.1 Å². The lowest BCUT2D eigenvalue weighted by Gasteiger charge is -2.36. The third kappa shape index (κ3) is 6.83. The van der Waals surface area contributed by atoms with Crippen molar-refractivity contribution >= 4 is 5.97 Å². The summed E-state index contributed by atoms with van der Waals surface area (Å²) in [7, 11) is 0. The molecule has 0 atom stereocenters. The Balaban J connectivity index is 1.30. The molecule has 0 aliphatic heterocycles. The Bertz CT molecular complexity index is 1010. The third-order valence-corrected chi connectivity index (χ3v) is 8.35. The predicted octanol–water partition coefficient (Wildman–Crippen LogP) is 8.93. The molecule has 0 bridgehead atoms. The molecule has 0 heterocycles. The van der Waals surface area contributed by atoms with E-state index in [9.17, 15) is 13.6 Å². The zero-order valence-electron chi connectivity index (χ0n) is 21.7. The van der Waals surface area contributed by atoms with Gasteiger partial charge in [0.1, 0.15) is 11.6 Å². The molecule has 0 saturated heterocycles. The van der Waals surface area contributed by atoms with Gasteiger partial charge in [-0.3, -0.25) is 0 Å². The van der Waals surface area contributed by atoms with Crippen molar-refractivity contribution in [2.45, 2.75) is 89.9 Å². The molecule has 2 aromatic rings. The number of halogens is 2. The summed E-state index contributed by atoms with van der Waals surface area (Å²) in [6.45, 7) is 5.34. The molecule has 4 rings (SSSR count). The van der Waals surface area contributed by atoms with Crippen molar-refractivity contribution in [3.05, 3.63) is 71.3 Å². The molecule has 2 aliphatic rings. The number of hydrogen-bond acceptors (Lipinski definition) is 2. The van der Waals surface area contributed by atoms with Crippen molar-refractivity contribution in [3.63, 3.8) is 0 Å². The number of carbonyl (C=O) groups excluding carboxylic acids is 1. The first-order valence-corrected chi connectivity index (χ1v) is 13.8. The van der Waals surface area contributed by atoms with E-state index < -0.39 is 17.6 Å². The van der Waals surface area contributed by atoms with Gasteiger partial charge in [-0.1, -0.05) is 62.9 Å². The predicted molar refractivity (Wildman–Crippen MR) is 142 cm³/mol. The van der Waals surface area contributed by atoms with Crippen LogP contribution in [0.1, 0.15) is 94.6 Å². The van der Waals surface area contributed by atoms with Crippen molar-refractivity contribution in [1.29, 1.82) is 0 Å². The van der Waals surface area contributed by atoms with Crippen LogP contribution >= 0.6 is 0 Å². The molecular formula is C32H40F2O2. The molecule has 2 aromatic carbocycles. The van der Waals surface area contributed by atoms with Crippen LogP contribution in [0, 0.1) is 23.5 Å². The van der Waals surface area contributed by atoms with E-state index >= 15 is 0 Å². The van der Waals surface area contributed by atoms with Crippen LogP contribution in [0.25, 0.3) is 11.1 Å². The van der Waals surface area contributed by atoms with Crippen LogP contribution < -0.4 is 0 Å². The molecule has 4 heteroatoms. The summed E-state index contributed by atoms with van der Waals surface area (Å²) < 4.78 is 34.6. The third-order valence-electron chi connectivity index (χ3n) is 8.35. The number of esters is 1. The summed E-state index contributed by atoms with van der Waals surface area (Å²) in [6, 6.07) is 11.2. The highest BCUT2D eigenvalue weighted by Crippen LogP contribution is 2.43. The first-order chi connectivity index (χ1) is 17.4. The van der Waals surface area contributed by atoms with E-state index in [0.29, 0.717) is 29.9 Å². The first-order valence-electron chi connectivity index (χ1n) is 13.8. The molecule has 0 spiro atoms. The number of unbranched alkanes of at least 4 members (excludes halogenated alkanes) is 1. The smallest absolute Gasteiger partial charge is 0.333 e. The highest BCUT2D eigenvalue weighted by molar-refractivity contribution is 5.86. The summed E-state index contributed by atoms with van der Waals surface area (Å²) in [5.41, 5.74) is 3.20. The van der Waals surface area contributed by atoms with Crippen molar-refractivity contribution < 1.29 is 18.3 Å². The van der Waals surface area contributed by atoms with Gasteiger partial charge in [-0.15, -0.1) is 0 Å². The highest BCUT2D eigenvalue weighted by atomic mass is 19.1. The van der Waals surface area contributed by atoms with Crippen LogP contribution in [0.3, 0.4) is 0 Å². The Hall–Kier alpha value is -2.49. The Morgan fingerprint density at radius 1 is 0.861 bits per heavy atom. The van der Waals surface area contributed by atoms with E-state index in [-0.39, 0.29) is 18.6 Å². The van der Waals surface area contributed by atoms with Crippen molar-refractivity contribution in [1.82, 2.24) is 0 Å². The topological polar surface area (TPSA) is 26.3 Å². The number of hydrogen-bond donors (Lipinski definition) is 0. The molecule has 36 heavy (non-hydrogen) atoms. The van der Waals surface area contributed by atoms with Crippen LogP contribution in [0.5, 0.6) is 0 Å². The molecular weight excluding hydrogens is 454 g/mol. The monoisotopic (exact) mass is 494 g/mol. The minimum Gasteiger partial charge on any atom is -0.462 e. The molecule has 2 fully saturated rings. The molecule has 194 valence electrons. The Morgan fingerprint density at radius 3 is 2.08 bits per heavy atom. The van der Waals surface area contributed by atoms with Gasteiger partial charge < -0.3 is 4.74 Å². The number of rotatable bonds is 9. The van der Waals surface area contributed by atoms with E-state index in [0.717, 1.165) is 17.4 Å².